The third-order valence-electron chi connectivity index (χ3n) is 7.91. The first-order chi connectivity index (χ1) is 21.4. The van der Waals surface area contributed by atoms with Gasteiger partial charge in [0.1, 0.15) is 19.7 Å². The summed E-state index contributed by atoms with van der Waals surface area (Å²) in [5.41, 5.74) is 3.56. The average Bonchev–Trinajstić information content (AvgIpc) is 3.47. The molecule has 0 saturated carbocycles. The lowest BCUT2D eigenvalue weighted by Crippen LogP contribution is -3.00. The maximum absolute atomic E-state index is 12.6. The topological polar surface area (TPSA) is 107 Å². The number of carbonyl (C=O) groups is 3. The van der Waals surface area contributed by atoms with Gasteiger partial charge >= 0.3 is 12.1 Å². The fourth-order valence-corrected chi connectivity index (χ4v) is 5.28. The van der Waals surface area contributed by atoms with Gasteiger partial charge in [0.15, 0.2) is 12.5 Å². The van der Waals surface area contributed by atoms with Gasteiger partial charge in [0.2, 0.25) is 11.6 Å². The summed E-state index contributed by atoms with van der Waals surface area (Å²) in [5.74, 6) is -0.848. The van der Waals surface area contributed by atoms with Crippen molar-refractivity contribution < 1.29 is 62.0 Å². The van der Waals surface area contributed by atoms with Crippen molar-refractivity contribution in [2.24, 2.45) is 0 Å². The molecule has 10 nitrogen and oxygen atoms in total. The van der Waals surface area contributed by atoms with E-state index < -0.39 is 30.4 Å². The average molecular weight is 748 g/mol. The van der Waals surface area contributed by atoms with Crippen molar-refractivity contribution in [3.05, 3.63) is 30.1 Å². The number of amides is 2. The number of nitrogens with zero attached hydrogens (tertiary/aromatic N) is 2. The second-order valence-corrected chi connectivity index (χ2v) is 11.7. The van der Waals surface area contributed by atoms with Crippen LogP contribution in [0.15, 0.2) is 24.4 Å². The zero-order valence-electron chi connectivity index (χ0n) is 27.9. The maximum Gasteiger partial charge on any atom is 0.417 e. The van der Waals surface area contributed by atoms with Crippen LogP contribution in [0.25, 0.3) is 0 Å². The summed E-state index contributed by atoms with van der Waals surface area (Å²) in [6, 6.07) is 5.60. The molecule has 258 valence electrons. The number of aryl methyl sites for hydroxylation is 1. The lowest BCUT2D eigenvalue weighted by molar-refractivity contribution is -0.701. The smallest absolute Gasteiger partial charge is 0.417 e. The Morgan fingerprint density at radius 2 is 1.51 bits per heavy atom. The molecule has 0 aromatic carbocycles. The van der Waals surface area contributed by atoms with Crippen molar-refractivity contribution in [2.45, 2.75) is 149 Å². The van der Waals surface area contributed by atoms with Crippen LogP contribution in [-0.2, 0) is 41.7 Å². The van der Waals surface area contributed by atoms with Crippen molar-refractivity contribution in [1.82, 2.24) is 10.4 Å². The summed E-state index contributed by atoms with van der Waals surface area (Å²) >= 11 is 0. The molecule has 1 N–H and O–H groups in total. The number of hydroxylamine groups is 1. The molecular formula is C34H58IN3O7. The van der Waals surface area contributed by atoms with Crippen LogP contribution in [0.4, 0.5) is 4.79 Å². The molecule has 2 rings (SSSR count). The Balaban J connectivity index is 0.0000101. The van der Waals surface area contributed by atoms with E-state index in [-0.39, 0.29) is 50.2 Å². The van der Waals surface area contributed by atoms with Crippen molar-refractivity contribution in [3.8, 4) is 0 Å². The Morgan fingerprint density at radius 3 is 2.09 bits per heavy atom. The zero-order chi connectivity index (χ0) is 31.8. The summed E-state index contributed by atoms with van der Waals surface area (Å²) in [5, 5.41) is 0. The number of hydrogen-bond acceptors (Lipinski definition) is 8. The monoisotopic (exact) mass is 747 g/mol. The number of ether oxygens (including phenoxy) is 3. The largest absolute Gasteiger partial charge is 1.00 e. The molecule has 1 aromatic heterocycles. The van der Waals surface area contributed by atoms with E-state index in [4.69, 9.17) is 19.0 Å². The number of rotatable bonds is 24. The lowest BCUT2D eigenvalue weighted by atomic mass is 10.0. The molecule has 1 aliphatic heterocycles. The highest BCUT2D eigenvalue weighted by atomic mass is 127. The van der Waals surface area contributed by atoms with Gasteiger partial charge < -0.3 is 43.0 Å². The molecule has 1 aliphatic rings. The Hall–Kier alpha value is -1.83. The van der Waals surface area contributed by atoms with Crippen LogP contribution in [0.2, 0.25) is 0 Å². The first-order valence-corrected chi connectivity index (χ1v) is 17.1. The van der Waals surface area contributed by atoms with Crippen LogP contribution in [0.1, 0.15) is 129 Å². The Morgan fingerprint density at radius 1 is 0.911 bits per heavy atom. The summed E-state index contributed by atoms with van der Waals surface area (Å²) in [4.78, 5) is 43.1. The number of hydrogen-bond donors (Lipinski definition) is 1. The van der Waals surface area contributed by atoms with Gasteiger partial charge in [-0.15, -0.1) is 0 Å². The van der Waals surface area contributed by atoms with E-state index in [1.165, 1.54) is 90.4 Å². The minimum Gasteiger partial charge on any atom is -1.00 e. The number of halogens is 1. The summed E-state index contributed by atoms with van der Waals surface area (Å²) in [7, 11) is 0. The zero-order valence-corrected chi connectivity index (χ0v) is 30.1. The number of pyridine rings is 1. The number of nitrogens with one attached hydrogen (secondary N) is 1. The van der Waals surface area contributed by atoms with Gasteiger partial charge in [0.25, 0.3) is 0 Å². The molecule has 0 spiro atoms. The Kier molecular flexibility index (Phi) is 24.0. The van der Waals surface area contributed by atoms with Crippen LogP contribution in [0, 0.1) is 0 Å². The molecule has 1 saturated heterocycles. The predicted octanol–water partition coefficient (Wildman–Crippen LogP) is 3.53. The summed E-state index contributed by atoms with van der Waals surface area (Å²) in [6.07, 6.45) is 19.5. The van der Waals surface area contributed by atoms with Crippen LogP contribution in [0.5, 0.6) is 0 Å². The van der Waals surface area contributed by atoms with Gasteiger partial charge in [0.05, 0.1) is 19.1 Å². The van der Waals surface area contributed by atoms with Crippen LogP contribution >= 0.6 is 0 Å². The molecule has 11 heteroatoms. The second kappa shape index (κ2) is 26.3. The van der Waals surface area contributed by atoms with Crippen molar-refractivity contribution in [2.75, 3.05) is 19.8 Å². The van der Waals surface area contributed by atoms with E-state index in [2.05, 4.69) is 12.4 Å². The van der Waals surface area contributed by atoms with E-state index in [1.807, 2.05) is 35.9 Å². The van der Waals surface area contributed by atoms with Gasteiger partial charge in [-0.1, -0.05) is 103 Å². The molecule has 2 heterocycles. The summed E-state index contributed by atoms with van der Waals surface area (Å²) in [6.45, 7) is 6.99. The number of carbonyl (C=O) groups excluding carboxylic acids is 3. The van der Waals surface area contributed by atoms with Crippen LogP contribution in [0.3, 0.4) is 0 Å². The van der Waals surface area contributed by atoms with E-state index >= 15 is 0 Å². The fourth-order valence-electron chi connectivity index (χ4n) is 5.28. The van der Waals surface area contributed by atoms with Crippen molar-refractivity contribution >= 4 is 18.0 Å². The normalized spacial score (nSPS) is 15.8. The fraction of sp³-hybridized carbons (Fsp3) is 0.765. The number of aromatic nitrogens is 1. The Labute approximate surface area is 288 Å². The molecule has 0 bridgehead atoms. The maximum atomic E-state index is 12.6. The van der Waals surface area contributed by atoms with Gasteiger partial charge in [-0.25, -0.2) is 14.3 Å². The van der Waals surface area contributed by atoms with E-state index in [0.29, 0.717) is 13.1 Å². The quantitative estimate of drug-likeness (QED) is 0.0742. The van der Waals surface area contributed by atoms with Gasteiger partial charge in [-0.3, -0.25) is 9.59 Å². The van der Waals surface area contributed by atoms with Gasteiger partial charge in [-0.2, -0.15) is 5.48 Å². The Bertz CT molecular complexity index is 952. The molecule has 0 aliphatic carbocycles. The minimum absolute atomic E-state index is 0. The number of imide groups is 1. The third kappa shape index (κ3) is 18.8. The molecule has 1 aromatic rings. The minimum atomic E-state index is -0.809. The van der Waals surface area contributed by atoms with Crippen molar-refractivity contribution in [3.63, 3.8) is 0 Å². The predicted molar refractivity (Wildman–Crippen MR) is 168 cm³/mol. The standard InChI is InChI=1S/C34H58N3O7.HI/c1-4-6-7-8-9-10-11-12-13-14-15-16-17-18-20-23-35-44-32(39)25-31-27-41-33(43-31)28-42-34(40)37(29(3)38)26-30-22-19-21-24-36(30)5-2;/h19,21-22,24,31,33,35H,4-18,20,23,25-28H2,1-3H3;1H/q+1;/p-1. The first-order valence-electron chi connectivity index (χ1n) is 17.1. The highest BCUT2D eigenvalue weighted by Gasteiger charge is 2.31. The molecule has 1 fully saturated rings. The van der Waals surface area contributed by atoms with E-state index in [1.54, 1.807) is 0 Å². The van der Waals surface area contributed by atoms with Gasteiger partial charge in [-0.05, 0) is 13.3 Å². The second-order valence-electron chi connectivity index (χ2n) is 11.7. The molecular weight excluding hydrogens is 689 g/mol. The molecule has 0 radical (unpaired) electrons. The first kappa shape index (κ1) is 41.2. The van der Waals surface area contributed by atoms with Crippen LogP contribution in [-0.4, -0.2) is 55.0 Å². The van der Waals surface area contributed by atoms with E-state index in [0.717, 1.165) is 23.4 Å². The summed E-state index contributed by atoms with van der Waals surface area (Å²) < 4.78 is 18.4. The van der Waals surface area contributed by atoms with E-state index in [9.17, 15) is 14.4 Å². The van der Waals surface area contributed by atoms with Crippen LogP contribution < -0.4 is 34.0 Å². The molecule has 45 heavy (non-hydrogen) atoms. The number of unbranched alkanes of at least 4 members (excludes halogenated alkanes) is 14. The molecule has 2 atom stereocenters. The third-order valence-corrected chi connectivity index (χ3v) is 7.91. The molecule has 2 unspecified atom stereocenters. The lowest BCUT2D eigenvalue weighted by Gasteiger charge is -2.19. The highest BCUT2D eigenvalue weighted by Crippen LogP contribution is 2.16. The van der Waals surface area contributed by atoms with Crippen molar-refractivity contribution in [1.29, 1.82) is 0 Å². The highest BCUT2D eigenvalue weighted by molar-refractivity contribution is 5.90. The SMILES string of the molecule is CCCCCCCCCCCCCCCCCNOC(=O)CC1COC(COC(=O)N(Cc2cccc[n+]2CC)C(C)=O)O1.[I-]. The van der Waals surface area contributed by atoms with Gasteiger partial charge in [0, 0.05) is 25.6 Å². The molecule has 2 amide bonds.